The highest BCUT2D eigenvalue weighted by Gasteiger charge is 2.20. The van der Waals surface area contributed by atoms with Gasteiger partial charge in [-0.25, -0.2) is 9.53 Å². The molecule has 1 aromatic carbocycles. The van der Waals surface area contributed by atoms with Crippen LogP contribution in [0.2, 0.25) is 0 Å². The van der Waals surface area contributed by atoms with Gasteiger partial charge >= 0.3 is 5.63 Å². The summed E-state index contributed by atoms with van der Waals surface area (Å²) in [6, 6.07) is 5.06. The zero-order valence-corrected chi connectivity index (χ0v) is 11.6. The highest BCUT2D eigenvalue weighted by Crippen LogP contribution is 2.32. The molecular weight excluding hydrogens is 276 g/mol. The van der Waals surface area contributed by atoms with Gasteiger partial charge in [0, 0.05) is 18.8 Å². The second-order valence-electron chi connectivity index (χ2n) is 4.65. The smallest absolute Gasteiger partial charge is 0.370 e. The Morgan fingerprint density at radius 3 is 2.62 bits per heavy atom. The van der Waals surface area contributed by atoms with Gasteiger partial charge in [-0.2, -0.15) is 0 Å². The van der Waals surface area contributed by atoms with Crippen LogP contribution in [0.15, 0.2) is 27.5 Å². The third-order valence-electron chi connectivity index (χ3n) is 3.29. The number of hydrogen-bond donors (Lipinski definition) is 1. The Labute approximate surface area is 120 Å². The van der Waals surface area contributed by atoms with Crippen molar-refractivity contribution in [1.82, 2.24) is 4.74 Å². The van der Waals surface area contributed by atoms with Crippen molar-refractivity contribution >= 4 is 11.6 Å². The summed E-state index contributed by atoms with van der Waals surface area (Å²) in [5.74, 6) is 0.684. The fraction of sp³-hybridized carbons (Fsp3) is 0.286. The zero-order valence-electron chi connectivity index (χ0n) is 11.6. The molecule has 0 unspecified atom stereocenters. The summed E-state index contributed by atoms with van der Waals surface area (Å²) in [5.41, 5.74) is 0.319. The quantitative estimate of drug-likeness (QED) is 0.901. The van der Waals surface area contributed by atoms with E-state index in [1.807, 2.05) is 0 Å². The van der Waals surface area contributed by atoms with Crippen LogP contribution in [0, 0.1) is 6.92 Å². The summed E-state index contributed by atoms with van der Waals surface area (Å²) in [6.07, 6.45) is 0. The lowest BCUT2D eigenvalue weighted by atomic mass is 10.2. The third-order valence-corrected chi connectivity index (χ3v) is 3.29. The minimum absolute atomic E-state index is 0.00705. The standard InChI is InChI=1S/C14H14N2O5/c1-8-12(14(18)21-16(8)2)13(17)15-9-3-4-10-11(7-9)20-6-5-19-10/h3-4,7H,5-6H2,1-2H3,(H,15,17). The monoisotopic (exact) mass is 290 g/mol. The van der Waals surface area contributed by atoms with Gasteiger partial charge in [-0.15, -0.1) is 0 Å². The molecule has 0 radical (unpaired) electrons. The Balaban J connectivity index is 1.86. The molecule has 2 heterocycles. The van der Waals surface area contributed by atoms with Gasteiger partial charge in [0.1, 0.15) is 18.8 Å². The van der Waals surface area contributed by atoms with E-state index >= 15 is 0 Å². The number of fused-ring (bicyclic) bond motifs is 1. The first kappa shape index (κ1) is 13.3. The Hall–Kier alpha value is -2.70. The number of aryl methyl sites for hydroxylation is 1. The van der Waals surface area contributed by atoms with E-state index in [1.54, 1.807) is 32.2 Å². The summed E-state index contributed by atoms with van der Waals surface area (Å²) >= 11 is 0. The van der Waals surface area contributed by atoms with Crippen LogP contribution < -0.4 is 20.4 Å². The number of amides is 1. The molecule has 1 aliphatic rings. The van der Waals surface area contributed by atoms with Gasteiger partial charge in [-0.1, -0.05) is 0 Å². The van der Waals surface area contributed by atoms with E-state index in [0.717, 1.165) is 0 Å². The summed E-state index contributed by atoms with van der Waals surface area (Å²) in [6.45, 7) is 2.61. The molecule has 0 fully saturated rings. The molecule has 1 aliphatic heterocycles. The summed E-state index contributed by atoms with van der Waals surface area (Å²) in [7, 11) is 1.57. The number of benzene rings is 1. The van der Waals surface area contributed by atoms with Crippen molar-refractivity contribution in [2.45, 2.75) is 6.92 Å². The molecule has 7 heteroatoms. The van der Waals surface area contributed by atoms with Gasteiger partial charge in [0.15, 0.2) is 11.5 Å². The van der Waals surface area contributed by atoms with E-state index in [0.29, 0.717) is 36.1 Å². The molecule has 2 aromatic rings. The summed E-state index contributed by atoms with van der Waals surface area (Å²) in [4.78, 5) is 23.8. The maximum Gasteiger partial charge on any atom is 0.370 e. The lowest BCUT2D eigenvalue weighted by molar-refractivity contribution is 0.102. The molecule has 0 bridgehead atoms. The molecule has 0 spiro atoms. The Morgan fingerprint density at radius 2 is 1.95 bits per heavy atom. The fourth-order valence-corrected chi connectivity index (χ4v) is 2.12. The van der Waals surface area contributed by atoms with E-state index in [9.17, 15) is 9.59 Å². The van der Waals surface area contributed by atoms with E-state index in [-0.39, 0.29) is 5.56 Å². The van der Waals surface area contributed by atoms with E-state index in [2.05, 4.69) is 5.32 Å². The number of hydrogen-bond acceptors (Lipinski definition) is 5. The topological polar surface area (TPSA) is 82.7 Å². The molecular formula is C14H14N2O5. The number of rotatable bonds is 2. The minimum Gasteiger partial charge on any atom is -0.486 e. The molecule has 0 saturated heterocycles. The van der Waals surface area contributed by atoms with E-state index in [4.69, 9.17) is 14.0 Å². The van der Waals surface area contributed by atoms with Gasteiger partial charge in [-0.3, -0.25) is 4.79 Å². The maximum absolute atomic E-state index is 12.2. The van der Waals surface area contributed by atoms with Crippen molar-refractivity contribution in [2.75, 3.05) is 18.5 Å². The van der Waals surface area contributed by atoms with Gasteiger partial charge in [0.05, 0.1) is 5.69 Å². The highest BCUT2D eigenvalue weighted by atomic mass is 16.6. The van der Waals surface area contributed by atoms with Crippen LogP contribution in [0.5, 0.6) is 11.5 Å². The van der Waals surface area contributed by atoms with Gasteiger partial charge in [0.25, 0.3) is 5.91 Å². The van der Waals surface area contributed by atoms with E-state index in [1.165, 1.54) is 4.74 Å². The SMILES string of the molecule is Cc1c(C(=O)Nc2ccc3c(c2)OCCO3)c(=O)on1C. The number of aromatic nitrogens is 1. The average Bonchev–Trinajstić information content (AvgIpc) is 2.72. The number of nitrogens with one attached hydrogen (secondary N) is 1. The van der Waals surface area contributed by atoms with Gasteiger partial charge in [0.2, 0.25) is 0 Å². The molecule has 7 nitrogen and oxygen atoms in total. The van der Waals surface area contributed by atoms with Crippen molar-refractivity contribution in [1.29, 1.82) is 0 Å². The number of carbonyl (C=O) groups excluding carboxylic acids is 1. The Morgan fingerprint density at radius 1 is 1.24 bits per heavy atom. The van der Waals surface area contributed by atoms with Crippen LogP contribution >= 0.6 is 0 Å². The van der Waals surface area contributed by atoms with Crippen LogP contribution in [0.25, 0.3) is 0 Å². The lowest BCUT2D eigenvalue weighted by Gasteiger charge is -2.18. The van der Waals surface area contributed by atoms with Gasteiger partial charge in [-0.05, 0) is 19.1 Å². The van der Waals surface area contributed by atoms with Crippen molar-refractivity contribution in [3.8, 4) is 11.5 Å². The van der Waals surface area contributed by atoms with Crippen molar-refractivity contribution in [3.63, 3.8) is 0 Å². The fourth-order valence-electron chi connectivity index (χ4n) is 2.12. The molecule has 3 rings (SSSR count). The summed E-state index contributed by atoms with van der Waals surface area (Å²) < 4.78 is 17.0. The molecule has 1 N–H and O–H groups in total. The summed E-state index contributed by atoms with van der Waals surface area (Å²) in [5, 5.41) is 2.66. The Bertz CT molecular complexity index is 759. The highest BCUT2D eigenvalue weighted by molar-refractivity contribution is 6.04. The Kier molecular flexibility index (Phi) is 3.17. The molecule has 21 heavy (non-hydrogen) atoms. The van der Waals surface area contributed by atoms with Crippen LogP contribution in [-0.4, -0.2) is 23.9 Å². The van der Waals surface area contributed by atoms with Crippen LogP contribution in [0.4, 0.5) is 5.69 Å². The largest absolute Gasteiger partial charge is 0.486 e. The number of carbonyl (C=O) groups is 1. The van der Waals surface area contributed by atoms with Crippen molar-refractivity contribution in [2.24, 2.45) is 7.05 Å². The second kappa shape index (κ2) is 5.01. The second-order valence-corrected chi connectivity index (χ2v) is 4.65. The predicted molar refractivity (Wildman–Crippen MR) is 74.1 cm³/mol. The molecule has 110 valence electrons. The first-order valence-corrected chi connectivity index (χ1v) is 6.44. The number of anilines is 1. The lowest BCUT2D eigenvalue weighted by Crippen LogP contribution is -2.20. The molecule has 0 aliphatic carbocycles. The molecule has 0 saturated carbocycles. The molecule has 1 amide bonds. The van der Waals surface area contributed by atoms with Crippen LogP contribution in [0.3, 0.4) is 0 Å². The normalized spacial score (nSPS) is 13.0. The predicted octanol–water partition coefficient (Wildman–Crippen LogP) is 1.31. The average molecular weight is 290 g/mol. The maximum atomic E-state index is 12.2. The number of ether oxygens (including phenoxy) is 2. The van der Waals surface area contributed by atoms with Crippen LogP contribution in [-0.2, 0) is 7.05 Å². The van der Waals surface area contributed by atoms with E-state index < -0.39 is 11.5 Å². The zero-order chi connectivity index (χ0) is 15.0. The third kappa shape index (κ3) is 2.37. The van der Waals surface area contributed by atoms with Crippen molar-refractivity contribution < 1.29 is 18.8 Å². The van der Waals surface area contributed by atoms with Crippen LogP contribution in [0.1, 0.15) is 16.1 Å². The first-order valence-electron chi connectivity index (χ1n) is 6.44. The number of nitrogens with zero attached hydrogens (tertiary/aromatic N) is 1. The van der Waals surface area contributed by atoms with Crippen molar-refractivity contribution in [3.05, 3.63) is 39.9 Å². The minimum atomic E-state index is -0.662. The first-order chi connectivity index (χ1) is 10.1. The van der Waals surface area contributed by atoms with Gasteiger partial charge < -0.3 is 19.3 Å². The molecule has 0 atom stereocenters. The molecule has 1 aromatic heterocycles.